The maximum atomic E-state index is 12.2. The molecular weight excluding hydrogens is 306 g/mol. The number of amides is 1. The SMILES string of the molecule is C=CCOc1ccc(NC(=O)[C@@H](C)Oc2ccc(OC)cc2)cc1. The highest BCUT2D eigenvalue weighted by atomic mass is 16.5. The number of nitrogens with one attached hydrogen (secondary N) is 1. The monoisotopic (exact) mass is 327 g/mol. The molecule has 0 heterocycles. The number of methoxy groups -OCH3 is 1. The molecule has 2 rings (SSSR count). The quantitative estimate of drug-likeness (QED) is 0.752. The second kappa shape index (κ2) is 8.62. The maximum absolute atomic E-state index is 12.2. The van der Waals surface area contributed by atoms with Gasteiger partial charge in [0.05, 0.1) is 7.11 Å². The van der Waals surface area contributed by atoms with Crippen molar-refractivity contribution in [3.63, 3.8) is 0 Å². The van der Waals surface area contributed by atoms with E-state index in [1.807, 2.05) is 0 Å². The summed E-state index contributed by atoms with van der Waals surface area (Å²) < 4.78 is 16.1. The highest BCUT2D eigenvalue weighted by Crippen LogP contribution is 2.19. The average Bonchev–Trinajstić information content (AvgIpc) is 2.61. The Bertz CT molecular complexity index is 665. The number of carbonyl (C=O) groups is 1. The third-order valence-corrected chi connectivity index (χ3v) is 3.23. The van der Waals surface area contributed by atoms with Crippen molar-refractivity contribution in [1.29, 1.82) is 0 Å². The third-order valence-electron chi connectivity index (χ3n) is 3.23. The summed E-state index contributed by atoms with van der Waals surface area (Å²) in [6.07, 6.45) is 1.04. The van der Waals surface area contributed by atoms with Crippen molar-refractivity contribution in [2.45, 2.75) is 13.0 Å². The van der Waals surface area contributed by atoms with Gasteiger partial charge in [0.15, 0.2) is 6.10 Å². The molecule has 5 heteroatoms. The van der Waals surface area contributed by atoms with Crippen molar-refractivity contribution in [3.05, 3.63) is 61.2 Å². The summed E-state index contributed by atoms with van der Waals surface area (Å²) in [7, 11) is 1.60. The summed E-state index contributed by atoms with van der Waals surface area (Å²) >= 11 is 0. The van der Waals surface area contributed by atoms with Gasteiger partial charge in [-0.05, 0) is 55.5 Å². The van der Waals surface area contributed by atoms with Gasteiger partial charge in [-0.15, -0.1) is 0 Å². The molecule has 0 saturated carbocycles. The molecule has 1 atom stereocenters. The van der Waals surface area contributed by atoms with E-state index >= 15 is 0 Å². The molecule has 24 heavy (non-hydrogen) atoms. The summed E-state index contributed by atoms with van der Waals surface area (Å²) in [5.74, 6) is 1.82. The molecule has 0 fully saturated rings. The number of hydrogen-bond acceptors (Lipinski definition) is 4. The van der Waals surface area contributed by atoms with E-state index in [1.165, 1.54) is 0 Å². The van der Waals surface area contributed by atoms with E-state index < -0.39 is 6.10 Å². The summed E-state index contributed by atoms with van der Waals surface area (Å²) in [4.78, 5) is 12.2. The van der Waals surface area contributed by atoms with Gasteiger partial charge in [0.2, 0.25) is 0 Å². The Morgan fingerprint density at radius 3 is 2.25 bits per heavy atom. The predicted molar refractivity (Wildman–Crippen MR) is 93.8 cm³/mol. The van der Waals surface area contributed by atoms with Crippen LogP contribution in [0.3, 0.4) is 0 Å². The van der Waals surface area contributed by atoms with Crippen LogP contribution in [0.2, 0.25) is 0 Å². The van der Waals surface area contributed by atoms with Crippen LogP contribution in [0, 0.1) is 0 Å². The van der Waals surface area contributed by atoms with Gasteiger partial charge in [-0.25, -0.2) is 0 Å². The molecule has 0 aliphatic heterocycles. The minimum Gasteiger partial charge on any atom is -0.497 e. The van der Waals surface area contributed by atoms with Gasteiger partial charge in [-0.3, -0.25) is 4.79 Å². The normalized spacial score (nSPS) is 11.2. The lowest BCUT2D eigenvalue weighted by atomic mass is 10.2. The number of benzene rings is 2. The Morgan fingerprint density at radius 2 is 1.67 bits per heavy atom. The minimum absolute atomic E-state index is 0.231. The zero-order valence-corrected chi connectivity index (χ0v) is 13.8. The van der Waals surface area contributed by atoms with Gasteiger partial charge in [0.25, 0.3) is 5.91 Å². The van der Waals surface area contributed by atoms with Crippen molar-refractivity contribution >= 4 is 11.6 Å². The molecule has 1 amide bonds. The number of anilines is 1. The van der Waals surface area contributed by atoms with Crippen molar-refractivity contribution < 1.29 is 19.0 Å². The zero-order valence-electron chi connectivity index (χ0n) is 13.8. The zero-order chi connectivity index (χ0) is 17.4. The largest absolute Gasteiger partial charge is 0.497 e. The molecular formula is C19H21NO4. The topological polar surface area (TPSA) is 56.8 Å². The van der Waals surface area contributed by atoms with Crippen LogP contribution < -0.4 is 19.5 Å². The van der Waals surface area contributed by atoms with Crippen LogP contribution in [-0.2, 0) is 4.79 Å². The van der Waals surface area contributed by atoms with Gasteiger partial charge in [-0.2, -0.15) is 0 Å². The summed E-state index contributed by atoms with van der Waals surface area (Å²) in [5.41, 5.74) is 0.677. The van der Waals surface area contributed by atoms with Crippen molar-refractivity contribution in [3.8, 4) is 17.2 Å². The Hall–Kier alpha value is -2.95. The first kappa shape index (κ1) is 17.4. The van der Waals surface area contributed by atoms with Crippen LogP contribution in [0.15, 0.2) is 61.2 Å². The van der Waals surface area contributed by atoms with E-state index in [4.69, 9.17) is 14.2 Å². The lowest BCUT2D eigenvalue weighted by Gasteiger charge is -2.15. The van der Waals surface area contributed by atoms with Crippen LogP contribution >= 0.6 is 0 Å². The highest BCUT2D eigenvalue weighted by molar-refractivity contribution is 5.94. The molecule has 0 bridgehead atoms. The molecule has 2 aromatic carbocycles. The lowest BCUT2D eigenvalue weighted by Crippen LogP contribution is -2.30. The van der Waals surface area contributed by atoms with E-state index in [9.17, 15) is 4.79 Å². The van der Waals surface area contributed by atoms with E-state index in [2.05, 4.69) is 11.9 Å². The Labute approximate surface area is 141 Å². The Morgan fingerprint density at radius 1 is 1.08 bits per heavy atom. The van der Waals surface area contributed by atoms with Crippen LogP contribution in [0.25, 0.3) is 0 Å². The minimum atomic E-state index is -0.630. The molecule has 0 unspecified atom stereocenters. The standard InChI is InChI=1S/C19H21NO4/c1-4-13-23-17-7-5-15(6-8-17)20-19(21)14(2)24-18-11-9-16(22-3)10-12-18/h4-12,14H,1,13H2,2-3H3,(H,20,21)/t14-/m1/s1. The second-order valence-electron chi connectivity index (χ2n) is 5.05. The van der Waals surface area contributed by atoms with Gasteiger partial charge in [-0.1, -0.05) is 12.7 Å². The van der Waals surface area contributed by atoms with Crippen LogP contribution in [0.5, 0.6) is 17.2 Å². The molecule has 0 radical (unpaired) electrons. The van der Waals surface area contributed by atoms with E-state index in [0.717, 1.165) is 11.5 Å². The summed E-state index contributed by atoms with van der Waals surface area (Å²) in [6.45, 7) is 5.73. The molecule has 0 aliphatic rings. The Kier molecular flexibility index (Phi) is 6.25. The molecule has 0 aliphatic carbocycles. The molecule has 5 nitrogen and oxygen atoms in total. The smallest absolute Gasteiger partial charge is 0.265 e. The second-order valence-corrected chi connectivity index (χ2v) is 5.05. The van der Waals surface area contributed by atoms with Crippen LogP contribution in [0.1, 0.15) is 6.92 Å². The van der Waals surface area contributed by atoms with E-state index in [0.29, 0.717) is 18.0 Å². The van der Waals surface area contributed by atoms with Crippen molar-refractivity contribution in [2.75, 3.05) is 19.0 Å². The molecule has 1 N–H and O–H groups in total. The lowest BCUT2D eigenvalue weighted by molar-refractivity contribution is -0.122. The van der Waals surface area contributed by atoms with Gasteiger partial charge in [0.1, 0.15) is 23.9 Å². The Balaban J connectivity index is 1.89. The predicted octanol–water partition coefficient (Wildman–Crippen LogP) is 3.67. The first-order valence-corrected chi connectivity index (χ1v) is 7.57. The molecule has 2 aromatic rings. The van der Waals surface area contributed by atoms with Crippen LogP contribution in [0.4, 0.5) is 5.69 Å². The third kappa shape index (κ3) is 5.05. The first-order chi connectivity index (χ1) is 11.6. The molecule has 0 saturated heterocycles. The molecule has 126 valence electrons. The summed E-state index contributed by atoms with van der Waals surface area (Å²) in [6, 6.07) is 14.2. The van der Waals surface area contributed by atoms with Crippen LogP contribution in [-0.4, -0.2) is 25.7 Å². The fourth-order valence-corrected chi connectivity index (χ4v) is 1.95. The first-order valence-electron chi connectivity index (χ1n) is 7.57. The fraction of sp³-hybridized carbons (Fsp3) is 0.211. The maximum Gasteiger partial charge on any atom is 0.265 e. The van der Waals surface area contributed by atoms with E-state index in [1.54, 1.807) is 68.6 Å². The van der Waals surface area contributed by atoms with E-state index in [-0.39, 0.29) is 5.91 Å². The number of ether oxygens (including phenoxy) is 3. The van der Waals surface area contributed by atoms with Gasteiger partial charge >= 0.3 is 0 Å². The fourth-order valence-electron chi connectivity index (χ4n) is 1.95. The van der Waals surface area contributed by atoms with Gasteiger partial charge in [0, 0.05) is 5.69 Å². The van der Waals surface area contributed by atoms with Gasteiger partial charge < -0.3 is 19.5 Å². The summed E-state index contributed by atoms with van der Waals surface area (Å²) in [5, 5.41) is 2.80. The average molecular weight is 327 g/mol. The number of carbonyl (C=O) groups excluding carboxylic acids is 1. The molecule has 0 spiro atoms. The van der Waals surface area contributed by atoms with Crippen molar-refractivity contribution in [2.24, 2.45) is 0 Å². The number of hydrogen-bond donors (Lipinski definition) is 1. The highest BCUT2D eigenvalue weighted by Gasteiger charge is 2.15. The van der Waals surface area contributed by atoms with Crippen molar-refractivity contribution in [1.82, 2.24) is 0 Å². The molecule has 0 aromatic heterocycles. The number of rotatable bonds is 8.